The van der Waals surface area contributed by atoms with Gasteiger partial charge in [0.25, 0.3) is 0 Å². The quantitative estimate of drug-likeness (QED) is 0.0723. The summed E-state index contributed by atoms with van der Waals surface area (Å²) in [5, 5.41) is 0.840. The number of allylic oxidation sites excluding steroid dienone is 1. The molecule has 0 spiro atoms. The van der Waals surface area contributed by atoms with Crippen LogP contribution < -0.4 is 9.47 Å². The lowest BCUT2D eigenvalue weighted by atomic mass is 10.0. The highest BCUT2D eigenvalue weighted by atomic mass is 33.1. The summed E-state index contributed by atoms with van der Waals surface area (Å²) >= 11 is 0. The van der Waals surface area contributed by atoms with E-state index in [-0.39, 0.29) is 24.3 Å². The lowest BCUT2D eigenvalue weighted by molar-refractivity contribution is -0.156. The minimum atomic E-state index is -0.540. The summed E-state index contributed by atoms with van der Waals surface area (Å²) in [4.78, 5) is 25.2. The molecular formula is C33H44O5S2. The Balaban J connectivity index is 1.52. The van der Waals surface area contributed by atoms with Crippen LogP contribution in [0.15, 0.2) is 42.5 Å². The van der Waals surface area contributed by atoms with Crippen LogP contribution in [0.2, 0.25) is 0 Å². The van der Waals surface area contributed by atoms with E-state index in [0.29, 0.717) is 17.9 Å². The third-order valence-corrected chi connectivity index (χ3v) is 9.37. The smallest absolute Gasteiger partial charge is 0.310 e. The van der Waals surface area contributed by atoms with Crippen LogP contribution in [0.1, 0.15) is 93.3 Å². The zero-order valence-corrected chi connectivity index (χ0v) is 26.4. The molecule has 2 atom stereocenters. The zero-order valence-electron chi connectivity index (χ0n) is 24.8. The Bertz CT molecular complexity index is 1140. The number of rotatable bonds is 14. The number of ether oxygens (including phenoxy) is 3. The second kappa shape index (κ2) is 15.6. The number of unbranched alkanes of at least 4 members (excludes halogenated alkanes) is 2. The van der Waals surface area contributed by atoms with Gasteiger partial charge in [0.15, 0.2) is 5.78 Å². The van der Waals surface area contributed by atoms with Gasteiger partial charge in [-0.05, 0) is 109 Å². The number of esters is 1. The number of hydrogen-bond donors (Lipinski definition) is 0. The van der Waals surface area contributed by atoms with Gasteiger partial charge in [0.2, 0.25) is 0 Å². The Kier molecular flexibility index (Phi) is 12.5. The Morgan fingerprint density at radius 3 is 2.50 bits per heavy atom. The van der Waals surface area contributed by atoms with Crippen LogP contribution in [0.3, 0.4) is 0 Å². The van der Waals surface area contributed by atoms with Crippen molar-refractivity contribution in [1.82, 2.24) is 0 Å². The second-order valence-electron chi connectivity index (χ2n) is 11.5. The van der Waals surface area contributed by atoms with Crippen LogP contribution in [0, 0.1) is 13.8 Å². The summed E-state index contributed by atoms with van der Waals surface area (Å²) in [6, 6.07) is 11.3. The topological polar surface area (TPSA) is 61.8 Å². The highest BCUT2D eigenvalue weighted by Gasteiger charge is 2.20. The van der Waals surface area contributed by atoms with E-state index in [1.807, 2.05) is 87.4 Å². The van der Waals surface area contributed by atoms with E-state index in [1.165, 1.54) is 31.4 Å². The largest absolute Gasteiger partial charge is 0.494 e. The summed E-state index contributed by atoms with van der Waals surface area (Å²) < 4.78 is 17.5. The Labute approximate surface area is 248 Å². The van der Waals surface area contributed by atoms with Gasteiger partial charge >= 0.3 is 5.97 Å². The van der Waals surface area contributed by atoms with Crippen molar-refractivity contribution in [2.75, 3.05) is 12.4 Å². The molecule has 3 rings (SSSR count). The predicted octanol–water partition coefficient (Wildman–Crippen LogP) is 8.79. The van der Waals surface area contributed by atoms with E-state index in [2.05, 4.69) is 0 Å². The zero-order chi connectivity index (χ0) is 29.1. The van der Waals surface area contributed by atoms with Crippen molar-refractivity contribution in [1.29, 1.82) is 0 Å². The van der Waals surface area contributed by atoms with Crippen LogP contribution >= 0.6 is 21.6 Å². The van der Waals surface area contributed by atoms with Crippen molar-refractivity contribution in [2.45, 2.75) is 97.0 Å². The van der Waals surface area contributed by atoms with Crippen LogP contribution in [0.25, 0.3) is 6.08 Å². The molecule has 0 N–H and O–H groups in total. The van der Waals surface area contributed by atoms with E-state index in [0.717, 1.165) is 34.1 Å². The fourth-order valence-electron chi connectivity index (χ4n) is 4.52. The van der Waals surface area contributed by atoms with Crippen molar-refractivity contribution >= 4 is 39.4 Å². The average Bonchev–Trinajstić information content (AvgIpc) is 3.39. The molecule has 7 heteroatoms. The lowest BCUT2D eigenvalue weighted by Gasteiger charge is -2.22. The molecule has 2 aromatic carbocycles. The summed E-state index contributed by atoms with van der Waals surface area (Å²) in [5.41, 5.74) is 2.87. The van der Waals surface area contributed by atoms with Crippen LogP contribution in [-0.4, -0.2) is 41.1 Å². The lowest BCUT2D eigenvalue weighted by Crippen LogP contribution is -2.27. The number of benzene rings is 2. The molecule has 1 aliphatic rings. The molecule has 1 aliphatic heterocycles. The van der Waals surface area contributed by atoms with Gasteiger partial charge in [-0.25, -0.2) is 0 Å². The first-order valence-corrected chi connectivity index (χ1v) is 16.6. The van der Waals surface area contributed by atoms with E-state index >= 15 is 0 Å². The molecule has 40 heavy (non-hydrogen) atoms. The maximum absolute atomic E-state index is 12.9. The molecule has 5 nitrogen and oxygen atoms in total. The van der Waals surface area contributed by atoms with E-state index in [9.17, 15) is 9.59 Å². The molecule has 2 aromatic rings. The van der Waals surface area contributed by atoms with Gasteiger partial charge in [-0.1, -0.05) is 46.1 Å². The third kappa shape index (κ3) is 11.2. The summed E-state index contributed by atoms with van der Waals surface area (Å²) in [6.45, 7) is 12.1. The van der Waals surface area contributed by atoms with Crippen molar-refractivity contribution in [3.8, 4) is 11.5 Å². The van der Waals surface area contributed by atoms with E-state index in [4.69, 9.17) is 14.2 Å². The number of hydrogen-bond acceptors (Lipinski definition) is 7. The van der Waals surface area contributed by atoms with Gasteiger partial charge in [0.1, 0.15) is 23.2 Å². The Hall–Kier alpha value is -2.38. The van der Waals surface area contributed by atoms with Crippen molar-refractivity contribution in [2.24, 2.45) is 0 Å². The molecule has 0 aliphatic carbocycles. The van der Waals surface area contributed by atoms with Crippen molar-refractivity contribution < 1.29 is 23.8 Å². The molecule has 0 bridgehead atoms. The first-order valence-electron chi connectivity index (χ1n) is 14.2. The standard InChI is InChI=1S/C33H44O5S2/c1-23-20-24(2)32(37-25(3)22-31(35)38-33(4,5)6)27(21-23)13-16-30(34)26-11-14-28(15-12-26)36-18-9-7-8-10-29-17-19-39-40-29/h11-16,20-21,25,29H,7-10,17-19,22H2,1-6H3/b16-13+. The van der Waals surface area contributed by atoms with Gasteiger partial charge < -0.3 is 14.2 Å². The molecule has 0 aromatic heterocycles. The molecule has 218 valence electrons. The Morgan fingerprint density at radius 2 is 1.82 bits per heavy atom. The molecule has 2 unspecified atom stereocenters. The fraction of sp³-hybridized carbons (Fsp3) is 0.515. The fourth-order valence-corrected chi connectivity index (χ4v) is 7.54. The summed E-state index contributed by atoms with van der Waals surface area (Å²) in [6.07, 6.45) is 9.26. The molecule has 1 saturated heterocycles. The summed E-state index contributed by atoms with van der Waals surface area (Å²) in [5.74, 6) is 2.34. The molecular weight excluding hydrogens is 540 g/mol. The minimum absolute atomic E-state index is 0.0959. The normalized spacial score (nSPS) is 16.2. The first-order chi connectivity index (χ1) is 19.0. The van der Waals surface area contributed by atoms with E-state index < -0.39 is 5.60 Å². The van der Waals surface area contributed by atoms with E-state index in [1.54, 1.807) is 24.3 Å². The Morgan fingerprint density at radius 1 is 1.07 bits per heavy atom. The number of carbonyl (C=O) groups is 2. The van der Waals surface area contributed by atoms with Gasteiger partial charge in [0.05, 0.1) is 13.0 Å². The first kappa shape index (κ1) is 32.1. The van der Waals surface area contributed by atoms with Gasteiger partial charge in [-0.2, -0.15) is 0 Å². The molecule has 1 heterocycles. The van der Waals surface area contributed by atoms with Gasteiger partial charge in [-0.15, -0.1) is 0 Å². The predicted molar refractivity (Wildman–Crippen MR) is 169 cm³/mol. The maximum atomic E-state index is 12.9. The monoisotopic (exact) mass is 584 g/mol. The molecule has 0 radical (unpaired) electrons. The molecule has 0 amide bonds. The highest BCUT2D eigenvalue weighted by molar-refractivity contribution is 8.77. The van der Waals surface area contributed by atoms with Gasteiger partial charge in [-0.3, -0.25) is 9.59 Å². The molecule has 1 fully saturated rings. The number of carbonyl (C=O) groups excluding carboxylic acids is 2. The third-order valence-electron chi connectivity index (χ3n) is 6.36. The van der Waals surface area contributed by atoms with Crippen LogP contribution in [-0.2, 0) is 9.53 Å². The van der Waals surface area contributed by atoms with Crippen LogP contribution in [0.4, 0.5) is 0 Å². The van der Waals surface area contributed by atoms with Crippen molar-refractivity contribution in [3.63, 3.8) is 0 Å². The minimum Gasteiger partial charge on any atom is -0.494 e. The maximum Gasteiger partial charge on any atom is 0.310 e. The van der Waals surface area contributed by atoms with Crippen molar-refractivity contribution in [3.05, 3.63) is 64.7 Å². The SMILES string of the molecule is Cc1cc(C)c(OC(C)CC(=O)OC(C)(C)C)c(/C=C/C(=O)c2ccc(OCCCCCC3CCSS3)cc2)c1. The highest BCUT2D eigenvalue weighted by Crippen LogP contribution is 2.40. The van der Waals surface area contributed by atoms with Crippen LogP contribution in [0.5, 0.6) is 11.5 Å². The number of ketones is 1. The average molecular weight is 585 g/mol. The molecule has 0 saturated carbocycles. The number of aryl methyl sites for hydroxylation is 2. The van der Waals surface area contributed by atoms with Gasteiger partial charge in [0, 0.05) is 22.1 Å². The second-order valence-corrected chi connectivity index (χ2v) is 14.3. The summed E-state index contributed by atoms with van der Waals surface area (Å²) in [7, 11) is 4.05.